The lowest BCUT2D eigenvalue weighted by Crippen LogP contribution is -2.28. The van der Waals surface area contributed by atoms with Crippen molar-refractivity contribution in [1.82, 2.24) is 15.3 Å². The molecule has 94 valence electrons. The number of hydrogen-bond donors (Lipinski definition) is 3. The number of rotatable bonds is 3. The van der Waals surface area contributed by atoms with Crippen molar-refractivity contribution in [3.8, 4) is 0 Å². The summed E-state index contributed by atoms with van der Waals surface area (Å²) >= 11 is 3.32. The molecule has 1 unspecified atom stereocenters. The van der Waals surface area contributed by atoms with Crippen molar-refractivity contribution < 1.29 is 4.79 Å². The molecule has 0 aliphatic carbocycles. The Morgan fingerprint density at radius 3 is 3.00 bits per heavy atom. The molecular weight excluding hydrogens is 296 g/mol. The zero-order valence-electron chi connectivity index (χ0n) is 9.77. The second-order valence-electron chi connectivity index (χ2n) is 3.90. The third-order valence-corrected chi connectivity index (χ3v) is 3.03. The maximum atomic E-state index is 12.1. The van der Waals surface area contributed by atoms with Crippen LogP contribution >= 0.6 is 15.9 Å². The van der Waals surface area contributed by atoms with Crippen molar-refractivity contribution in [3.63, 3.8) is 0 Å². The van der Waals surface area contributed by atoms with E-state index in [9.17, 15) is 4.79 Å². The SMILES string of the molecule is CC(NC(=O)c1cc(Br)ccc1N)c1ncc[nH]1. The maximum absolute atomic E-state index is 12.1. The number of carbonyl (C=O) groups is 1. The van der Waals surface area contributed by atoms with Crippen LogP contribution in [0.1, 0.15) is 29.1 Å². The summed E-state index contributed by atoms with van der Waals surface area (Å²) in [6, 6.07) is 4.98. The smallest absolute Gasteiger partial charge is 0.253 e. The van der Waals surface area contributed by atoms with Crippen LogP contribution in [0, 0.1) is 0 Å². The van der Waals surface area contributed by atoms with Crippen LogP contribution in [0.15, 0.2) is 35.1 Å². The van der Waals surface area contributed by atoms with Crippen molar-refractivity contribution in [2.45, 2.75) is 13.0 Å². The third-order valence-electron chi connectivity index (χ3n) is 2.54. The lowest BCUT2D eigenvalue weighted by molar-refractivity contribution is 0.0939. The number of nitrogens with two attached hydrogens (primary N) is 1. The Kier molecular flexibility index (Phi) is 3.66. The van der Waals surface area contributed by atoms with Gasteiger partial charge in [0, 0.05) is 22.6 Å². The molecule has 1 amide bonds. The highest BCUT2D eigenvalue weighted by molar-refractivity contribution is 9.10. The summed E-state index contributed by atoms with van der Waals surface area (Å²) in [5.74, 6) is 0.481. The lowest BCUT2D eigenvalue weighted by atomic mass is 10.1. The molecule has 0 saturated carbocycles. The van der Waals surface area contributed by atoms with Gasteiger partial charge in [0.05, 0.1) is 11.6 Å². The first-order valence-corrected chi connectivity index (χ1v) is 6.22. The van der Waals surface area contributed by atoms with E-state index < -0.39 is 0 Å². The maximum Gasteiger partial charge on any atom is 0.253 e. The molecule has 0 aliphatic rings. The van der Waals surface area contributed by atoms with Crippen molar-refractivity contribution in [2.24, 2.45) is 0 Å². The highest BCUT2D eigenvalue weighted by Gasteiger charge is 2.15. The van der Waals surface area contributed by atoms with E-state index in [0.717, 1.165) is 4.47 Å². The fraction of sp³-hybridized carbons (Fsp3) is 0.167. The minimum absolute atomic E-state index is 0.203. The van der Waals surface area contributed by atoms with Crippen LogP contribution in [-0.4, -0.2) is 15.9 Å². The van der Waals surface area contributed by atoms with E-state index in [1.165, 1.54) is 0 Å². The van der Waals surface area contributed by atoms with E-state index >= 15 is 0 Å². The first-order valence-electron chi connectivity index (χ1n) is 5.43. The van der Waals surface area contributed by atoms with Gasteiger partial charge in [0.15, 0.2) is 0 Å². The molecule has 4 N–H and O–H groups in total. The number of aromatic amines is 1. The Bertz CT molecular complexity index is 553. The van der Waals surface area contributed by atoms with E-state index in [4.69, 9.17) is 5.73 Å². The molecule has 18 heavy (non-hydrogen) atoms. The first-order chi connectivity index (χ1) is 8.58. The van der Waals surface area contributed by atoms with Crippen molar-refractivity contribution in [3.05, 3.63) is 46.5 Å². The summed E-state index contributed by atoms with van der Waals surface area (Å²) in [7, 11) is 0. The van der Waals surface area contributed by atoms with Gasteiger partial charge in [-0.1, -0.05) is 15.9 Å². The number of hydrogen-bond acceptors (Lipinski definition) is 3. The van der Waals surface area contributed by atoms with Gasteiger partial charge in [0.25, 0.3) is 5.91 Å². The van der Waals surface area contributed by atoms with Crippen molar-refractivity contribution >= 4 is 27.5 Å². The summed E-state index contributed by atoms with van der Waals surface area (Å²) in [5.41, 5.74) is 6.67. The quantitative estimate of drug-likeness (QED) is 0.760. The normalized spacial score (nSPS) is 12.1. The molecular formula is C12H13BrN4O. The van der Waals surface area contributed by atoms with Gasteiger partial charge in [-0.25, -0.2) is 4.98 Å². The molecule has 6 heteroatoms. The average Bonchev–Trinajstić information content (AvgIpc) is 2.85. The van der Waals surface area contributed by atoms with E-state index in [0.29, 0.717) is 17.1 Å². The Labute approximate surface area is 113 Å². The van der Waals surface area contributed by atoms with Crippen LogP contribution in [0.25, 0.3) is 0 Å². The van der Waals surface area contributed by atoms with Crippen LogP contribution in [0.5, 0.6) is 0 Å². The van der Waals surface area contributed by atoms with E-state index in [-0.39, 0.29) is 11.9 Å². The Hall–Kier alpha value is -1.82. The average molecular weight is 309 g/mol. The summed E-state index contributed by atoms with van der Waals surface area (Å²) in [4.78, 5) is 19.1. The number of nitrogens with one attached hydrogen (secondary N) is 2. The molecule has 1 aromatic heterocycles. The zero-order chi connectivity index (χ0) is 13.1. The molecule has 0 bridgehead atoms. The number of halogens is 1. The van der Waals surface area contributed by atoms with Crippen molar-refractivity contribution in [2.75, 3.05) is 5.73 Å². The van der Waals surface area contributed by atoms with Crippen LogP contribution in [-0.2, 0) is 0 Å². The molecule has 0 saturated heterocycles. The monoisotopic (exact) mass is 308 g/mol. The number of H-pyrrole nitrogens is 1. The number of anilines is 1. The molecule has 0 fully saturated rings. The van der Waals surface area contributed by atoms with E-state index in [1.807, 2.05) is 6.92 Å². The zero-order valence-corrected chi connectivity index (χ0v) is 11.4. The highest BCUT2D eigenvalue weighted by atomic mass is 79.9. The van der Waals surface area contributed by atoms with Crippen LogP contribution in [0.4, 0.5) is 5.69 Å². The fourth-order valence-corrected chi connectivity index (χ4v) is 1.94. The molecule has 2 rings (SSSR count). The molecule has 1 aromatic carbocycles. The number of carbonyl (C=O) groups excluding carboxylic acids is 1. The predicted octanol–water partition coefficient (Wildman–Crippen LogP) is 2.25. The largest absolute Gasteiger partial charge is 0.398 e. The third kappa shape index (κ3) is 2.70. The molecule has 2 aromatic rings. The Balaban J connectivity index is 2.15. The van der Waals surface area contributed by atoms with Gasteiger partial charge >= 0.3 is 0 Å². The summed E-state index contributed by atoms with van der Waals surface area (Å²) in [6.07, 6.45) is 3.36. The van der Waals surface area contributed by atoms with Crippen molar-refractivity contribution in [1.29, 1.82) is 0 Å². The van der Waals surface area contributed by atoms with Crippen LogP contribution < -0.4 is 11.1 Å². The second-order valence-corrected chi connectivity index (χ2v) is 4.82. The highest BCUT2D eigenvalue weighted by Crippen LogP contribution is 2.19. The number of nitrogen functional groups attached to an aromatic ring is 1. The topological polar surface area (TPSA) is 83.8 Å². The minimum atomic E-state index is -0.224. The molecule has 1 heterocycles. The van der Waals surface area contributed by atoms with Gasteiger partial charge in [-0.05, 0) is 25.1 Å². The fourth-order valence-electron chi connectivity index (χ4n) is 1.58. The standard InChI is InChI=1S/C12H13BrN4O/c1-7(11-15-4-5-16-11)17-12(18)9-6-8(13)2-3-10(9)14/h2-7H,14H2,1H3,(H,15,16)(H,17,18). The first kappa shape index (κ1) is 12.6. The second kappa shape index (κ2) is 5.22. The van der Waals surface area contributed by atoms with Gasteiger partial charge in [0.2, 0.25) is 0 Å². The number of amides is 1. The van der Waals surface area contributed by atoms with Crippen LogP contribution in [0.3, 0.4) is 0 Å². The lowest BCUT2D eigenvalue weighted by Gasteiger charge is -2.12. The molecule has 0 spiro atoms. The summed E-state index contributed by atoms with van der Waals surface area (Å²) < 4.78 is 0.813. The Morgan fingerprint density at radius 1 is 1.56 bits per heavy atom. The Morgan fingerprint density at radius 2 is 2.33 bits per heavy atom. The van der Waals surface area contributed by atoms with Gasteiger partial charge in [-0.2, -0.15) is 0 Å². The summed E-state index contributed by atoms with van der Waals surface area (Å²) in [5, 5.41) is 2.83. The molecule has 0 radical (unpaired) electrons. The minimum Gasteiger partial charge on any atom is -0.398 e. The van der Waals surface area contributed by atoms with Gasteiger partial charge < -0.3 is 16.0 Å². The van der Waals surface area contributed by atoms with Crippen LogP contribution in [0.2, 0.25) is 0 Å². The van der Waals surface area contributed by atoms with Gasteiger partial charge in [-0.15, -0.1) is 0 Å². The number of imidazole rings is 1. The molecule has 0 aliphatic heterocycles. The number of nitrogens with zero attached hydrogens (tertiary/aromatic N) is 1. The van der Waals surface area contributed by atoms with Gasteiger partial charge in [0.1, 0.15) is 5.82 Å². The molecule has 5 nitrogen and oxygen atoms in total. The number of benzene rings is 1. The van der Waals surface area contributed by atoms with Gasteiger partial charge in [-0.3, -0.25) is 4.79 Å². The number of aromatic nitrogens is 2. The summed E-state index contributed by atoms with van der Waals surface area (Å²) in [6.45, 7) is 1.85. The molecule has 1 atom stereocenters. The van der Waals surface area contributed by atoms with E-state index in [1.54, 1.807) is 30.6 Å². The van der Waals surface area contributed by atoms with E-state index in [2.05, 4.69) is 31.2 Å². The predicted molar refractivity (Wildman–Crippen MR) is 73.0 cm³/mol.